The molecule has 1 amide bonds. The van der Waals surface area contributed by atoms with Crippen LogP contribution in [0.4, 0.5) is 0 Å². The van der Waals surface area contributed by atoms with Crippen LogP contribution in [0.2, 0.25) is 0 Å². The summed E-state index contributed by atoms with van der Waals surface area (Å²) < 4.78 is 4.71. The first-order chi connectivity index (χ1) is 8.13. The van der Waals surface area contributed by atoms with Gasteiger partial charge < -0.3 is 15.0 Å². The zero-order chi connectivity index (χ0) is 12.7. The molecule has 0 radical (unpaired) electrons. The Balaban J connectivity index is 2.51. The molecule has 98 valence electrons. The minimum Gasteiger partial charge on any atom is -0.467 e. The van der Waals surface area contributed by atoms with Gasteiger partial charge in [-0.15, -0.1) is 0 Å². The summed E-state index contributed by atoms with van der Waals surface area (Å²) in [5.74, 6) is -0.570. The van der Waals surface area contributed by atoms with Gasteiger partial charge in [0.1, 0.15) is 6.04 Å². The molecule has 0 aromatic heterocycles. The van der Waals surface area contributed by atoms with Crippen molar-refractivity contribution in [3.8, 4) is 0 Å². The molecule has 1 heterocycles. The molecule has 1 atom stereocenters. The summed E-state index contributed by atoms with van der Waals surface area (Å²) in [6.45, 7) is 3.95. The van der Waals surface area contributed by atoms with Gasteiger partial charge >= 0.3 is 5.97 Å². The van der Waals surface area contributed by atoms with Gasteiger partial charge in [-0.2, -0.15) is 0 Å². The summed E-state index contributed by atoms with van der Waals surface area (Å²) >= 11 is 0. The Morgan fingerprint density at radius 2 is 1.82 bits per heavy atom. The third-order valence-corrected chi connectivity index (χ3v) is 3.00. The molecule has 5 heteroatoms. The van der Waals surface area contributed by atoms with E-state index >= 15 is 0 Å². The summed E-state index contributed by atoms with van der Waals surface area (Å²) in [4.78, 5) is 24.8. The van der Waals surface area contributed by atoms with Crippen molar-refractivity contribution in [1.82, 2.24) is 10.2 Å². The van der Waals surface area contributed by atoms with Gasteiger partial charge in [0.2, 0.25) is 5.91 Å². The molecular weight excluding hydrogens is 220 g/mol. The number of methoxy groups -OCH3 is 1. The van der Waals surface area contributed by atoms with Crippen LogP contribution < -0.4 is 5.32 Å². The second-order valence-corrected chi connectivity index (χ2v) is 4.49. The van der Waals surface area contributed by atoms with Crippen molar-refractivity contribution in [3.05, 3.63) is 0 Å². The van der Waals surface area contributed by atoms with Crippen molar-refractivity contribution in [1.29, 1.82) is 0 Å². The van der Waals surface area contributed by atoms with Crippen LogP contribution in [-0.4, -0.2) is 49.6 Å². The minimum atomic E-state index is -0.546. The van der Waals surface area contributed by atoms with E-state index in [1.54, 1.807) is 0 Å². The second-order valence-electron chi connectivity index (χ2n) is 4.49. The molecule has 0 aromatic carbocycles. The lowest BCUT2D eigenvalue weighted by Crippen LogP contribution is -2.48. The van der Waals surface area contributed by atoms with Gasteiger partial charge in [0.05, 0.1) is 7.11 Å². The van der Waals surface area contributed by atoms with Crippen molar-refractivity contribution in [3.63, 3.8) is 0 Å². The summed E-state index contributed by atoms with van der Waals surface area (Å²) in [7, 11) is 1.35. The molecule has 1 aliphatic rings. The summed E-state index contributed by atoms with van der Waals surface area (Å²) in [5, 5.41) is 2.64. The van der Waals surface area contributed by atoms with Crippen molar-refractivity contribution in [2.45, 2.75) is 38.6 Å². The first-order valence-corrected chi connectivity index (χ1v) is 6.20. The molecule has 1 rings (SSSR count). The van der Waals surface area contributed by atoms with Crippen LogP contribution in [0, 0.1) is 0 Å². The maximum atomic E-state index is 11.5. The fourth-order valence-electron chi connectivity index (χ4n) is 2.14. The lowest BCUT2D eigenvalue weighted by Gasteiger charge is -2.24. The number of nitrogens with zero attached hydrogens (tertiary/aromatic N) is 1. The van der Waals surface area contributed by atoms with E-state index in [0.717, 1.165) is 25.9 Å². The molecule has 0 bridgehead atoms. The Bertz CT molecular complexity index is 260. The molecule has 0 spiro atoms. The lowest BCUT2D eigenvalue weighted by molar-refractivity contribution is -0.145. The third-order valence-electron chi connectivity index (χ3n) is 3.00. The van der Waals surface area contributed by atoms with E-state index in [1.165, 1.54) is 26.9 Å². The number of carbonyl (C=O) groups is 2. The fraction of sp³-hybridized carbons (Fsp3) is 0.833. The molecular formula is C12H22N2O3. The van der Waals surface area contributed by atoms with Crippen LogP contribution in [0.25, 0.3) is 0 Å². The molecule has 0 saturated carbocycles. The molecule has 1 aliphatic heterocycles. The van der Waals surface area contributed by atoms with Crippen molar-refractivity contribution >= 4 is 11.9 Å². The topological polar surface area (TPSA) is 58.6 Å². The number of nitrogens with one attached hydrogen (secondary N) is 1. The number of carbonyl (C=O) groups excluding carboxylic acids is 2. The number of esters is 1. The number of rotatable bonds is 4. The van der Waals surface area contributed by atoms with Crippen LogP contribution >= 0.6 is 0 Å². The SMILES string of the molecule is COC(=O)C(CN1CCCCCC1)NC(C)=O. The van der Waals surface area contributed by atoms with Crippen molar-refractivity contribution in [2.75, 3.05) is 26.7 Å². The highest BCUT2D eigenvalue weighted by Gasteiger charge is 2.23. The Morgan fingerprint density at radius 1 is 1.24 bits per heavy atom. The Kier molecular flexibility index (Phi) is 5.97. The highest BCUT2D eigenvalue weighted by atomic mass is 16.5. The lowest BCUT2D eigenvalue weighted by atomic mass is 10.2. The van der Waals surface area contributed by atoms with Gasteiger partial charge in [0.25, 0.3) is 0 Å². The fourth-order valence-corrected chi connectivity index (χ4v) is 2.14. The average molecular weight is 242 g/mol. The molecule has 1 saturated heterocycles. The van der Waals surface area contributed by atoms with E-state index in [9.17, 15) is 9.59 Å². The van der Waals surface area contributed by atoms with Crippen molar-refractivity contribution in [2.24, 2.45) is 0 Å². The van der Waals surface area contributed by atoms with E-state index in [-0.39, 0.29) is 11.9 Å². The Hall–Kier alpha value is -1.10. The van der Waals surface area contributed by atoms with Gasteiger partial charge in [-0.25, -0.2) is 4.79 Å². The van der Waals surface area contributed by atoms with Gasteiger partial charge in [0.15, 0.2) is 0 Å². The molecule has 1 unspecified atom stereocenters. The molecule has 1 fully saturated rings. The van der Waals surface area contributed by atoms with Gasteiger partial charge in [-0.05, 0) is 25.9 Å². The molecule has 5 nitrogen and oxygen atoms in total. The predicted molar refractivity (Wildman–Crippen MR) is 64.5 cm³/mol. The monoisotopic (exact) mass is 242 g/mol. The highest BCUT2D eigenvalue weighted by molar-refractivity contribution is 5.83. The average Bonchev–Trinajstić information content (AvgIpc) is 2.55. The van der Waals surface area contributed by atoms with Gasteiger partial charge in [-0.1, -0.05) is 12.8 Å². The first-order valence-electron chi connectivity index (χ1n) is 6.20. The summed E-state index contributed by atoms with van der Waals surface area (Å²) in [6.07, 6.45) is 4.82. The maximum Gasteiger partial charge on any atom is 0.329 e. The van der Waals surface area contributed by atoms with Crippen LogP contribution in [-0.2, 0) is 14.3 Å². The minimum absolute atomic E-state index is 0.199. The number of ether oxygens (including phenoxy) is 1. The predicted octanol–water partition coefficient (Wildman–Crippen LogP) is 0.540. The quantitative estimate of drug-likeness (QED) is 0.731. The van der Waals surface area contributed by atoms with Crippen LogP contribution in [0.3, 0.4) is 0 Å². The zero-order valence-electron chi connectivity index (χ0n) is 10.7. The van der Waals surface area contributed by atoms with E-state index in [1.807, 2.05) is 0 Å². The number of likely N-dealkylation sites (tertiary alicyclic amines) is 1. The molecule has 0 aliphatic carbocycles. The smallest absolute Gasteiger partial charge is 0.329 e. The van der Waals surface area contributed by atoms with Gasteiger partial charge in [0, 0.05) is 13.5 Å². The third kappa shape index (κ3) is 5.17. The molecule has 17 heavy (non-hydrogen) atoms. The number of hydrogen-bond donors (Lipinski definition) is 1. The van der Waals surface area contributed by atoms with E-state index in [2.05, 4.69) is 10.2 Å². The molecule has 0 aromatic rings. The first kappa shape index (κ1) is 14.0. The largest absolute Gasteiger partial charge is 0.467 e. The molecule has 1 N–H and O–H groups in total. The van der Waals surface area contributed by atoms with Gasteiger partial charge in [-0.3, -0.25) is 4.79 Å². The number of amides is 1. The van der Waals surface area contributed by atoms with E-state index < -0.39 is 6.04 Å². The Labute approximate surface area is 102 Å². The Morgan fingerprint density at radius 3 is 2.29 bits per heavy atom. The normalized spacial score (nSPS) is 19.2. The second kappa shape index (κ2) is 7.27. The highest BCUT2D eigenvalue weighted by Crippen LogP contribution is 2.10. The maximum absolute atomic E-state index is 11.5. The van der Waals surface area contributed by atoms with E-state index in [0.29, 0.717) is 6.54 Å². The van der Waals surface area contributed by atoms with Crippen molar-refractivity contribution < 1.29 is 14.3 Å². The standard InChI is InChI=1S/C12H22N2O3/c1-10(15)13-11(12(16)17-2)9-14-7-5-3-4-6-8-14/h11H,3-9H2,1-2H3,(H,13,15). The van der Waals surface area contributed by atoms with E-state index in [4.69, 9.17) is 4.74 Å². The van der Waals surface area contributed by atoms with Crippen LogP contribution in [0.1, 0.15) is 32.6 Å². The summed E-state index contributed by atoms with van der Waals surface area (Å²) in [6, 6.07) is -0.546. The zero-order valence-corrected chi connectivity index (χ0v) is 10.7. The van der Waals surface area contributed by atoms with Crippen LogP contribution in [0.15, 0.2) is 0 Å². The summed E-state index contributed by atoms with van der Waals surface area (Å²) in [5.41, 5.74) is 0. The number of hydrogen-bond acceptors (Lipinski definition) is 4. The van der Waals surface area contributed by atoms with Crippen LogP contribution in [0.5, 0.6) is 0 Å².